The number of carbonyl (C=O) groups excluding carboxylic acids is 2. The average molecular weight is 309 g/mol. The van der Waals surface area contributed by atoms with Gasteiger partial charge in [-0.05, 0) is 31.2 Å². The first-order valence-corrected chi connectivity index (χ1v) is 6.64. The molecule has 1 N–H and O–H groups in total. The molecule has 21 heavy (non-hydrogen) atoms. The van der Waals surface area contributed by atoms with Crippen LogP contribution >= 0.6 is 11.6 Å². The Kier molecular flexibility index (Phi) is 4.94. The zero-order valence-electron chi connectivity index (χ0n) is 11.3. The molecule has 0 atom stereocenters. The molecule has 0 aliphatic heterocycles. The van der Waals surface area contributed by atoms with E-state index in [2.05, 4.69) is 15.0 Å². The summed E-state index contributed by atoms with van der Waals surface area (Å²) in [6, 6.07) is 6.66. The zero-order chi connectivity index (χ0) is 15.2. The van der Waals surface area contributed by atoms with Crippen molar-refractivity contribution in [1.29, 1.82) is 0 Å². The van der Waals surface area contributed by atoms with E-state index in [9.17, 15) is 9.59 Å². The number of pyridine rings is 1. The molecule has 0 aliphatic rings. The largest absolute Gasteiger partial charge is 0.465 e. The number of benzene rings is 1. The third-order valence-electron chi connectivity index (χ3n) is 2.56. The van der Waals surface area contributed by atoms with Crippen LogP contribution in [0, 0.1) is 0 Å². The number of aromatic nitrogens is 1. The lowest BCUT2D eigenvalue weighted by molar-refractivity contribution is -0.141. The van der Waals surface area contributed by atoms with Crippen molar-refractivity contribution in [2.45, 2.75) is 6.92 Å². The number of carbonyl (C=O) groups is 2. The number of esters is 1. The van der Waals surface area contributed by atoms with Gasteiger partial charge in [0, 0.05) is 11.6 Å². The molecule has 2 aromatic rings. The molecule has 1 amide bonds. The van der Waals surface area contributed by atoms with Gasteiger partial charge in [-0.3, -0.25) is 9.78 Å². The lowest BCUT2D eigenvalue weighted by atomic mass is 10.2. The molecule has 6 nitrogen and oxygen atoms in total. The Bertz CT molecular complexity index is 675. The monoisotopic (exact) mass is 308 g/mol. The molecule has 0 spiro atoms. The molecule has 0 fully saturated rings. The van der Waals surface area contributed by atoms with Crippen LogP contribution in [-0.4, -0.2) is 30.2 Å². The van der Waals surface area contributed by atoms with Crippen LogP contribution in [0.3, 0.4) is 0 Å². The van der Waals surface area contributed by atoms with E-state index in [4.69, 9.17) is 16.3 Å². The van der Waals surface area contributed by atoms with Crippen LogP contribution < -0.4 is 10.1 Å². The van der Waals surface area contributed by atoms with Crippen molar-refractivity contribution >= 4 is 34.6 Å². The van der Waals surface area contributed by atoms with Crippen molar-refractivity contribution in [1.82, 2.24) is 10.3 Å². The van der Waals surface area contributed by atoms with Gasteiger partial charge in [-0.25, -0.2) is 4.79 Å². The minimum absolute atomic E-state index is 0.251. The Morgan fingerprint density at radius 2 is 2.14 bits per heavy atom. The lowest BCUT2D eigenvalue weighted by Crippen LogP contribution is -2.32. The van der Waals surface area contributed by atoms with Crippen LogP contribution in [0.5, 0.6) is 5.75 Å². The Morgan fingerprint density at radius 1 is 1.33 bits per heavy atom. The molecule has 110 valence electrons. The van der Waals surface area contributed by atoms with Gasteiger partial charge in [-0.1, -0.05) is 11.6 Å². The number of fused-ring (bicyclic) bond motifs is 1. The normalized spacial score (nSPS) is 10.2. The van der Waals surface area contributed by atoms with Crippen molar-refractivity contribution in [3.63, 3.8) is 0 Å². The van der Waals surface area contributed by atoms with E-state index in [0.29, 0.717) is 15.9 Å². The van der Waals surface area contributed by atoms with Crippen molar-refractivity contribution in [2.24, 2.45) is 0 Å². The summed E-state index contributed by atoms with van der Waals surface area (Å²) in [6.07, 6.45) is 0.805. The van der Waals surface area contributed by atoms with Crippen LogP contribution in [0.15, 0.2) is 30.5 Å². The maximum absolute atomic E-state index is 11.6. The second kappa shape index (κ2) is 6.90. The number of nitrogens with zero attached hydrogens (tertiary/aromatic N) is 1. The highest BCUT2D eigenvalue weighted by atomic mass is 35.5. The first-order valence-electron chi connectivity index (χ1n) is 6.26. The van der Waals surface area contributed by atoms with E-state index in [0.717, 1.165) is 0 Å². The smallest absolute Gasteiger partial charge is 0.413 e. The van der Waals surface area contributed by atoms with E-state index in [1.165, 1.54) is 0 Å². The highest BCUT2D eigenvalue weighted by molar-refractivity contribution is 6.35. The quantitative estimate of drug-likeness (QED) is 0.878. The standard InChI is InChI=1S/C14H13ClN2O4/c1-2-20-12(18)8-17-14(19)21-11-6-5-10(15)9-4-3-7-16-13(9)11/h3-7H,2,8H2,1H3,(H,17,19). The molecule has 0 bridgehead atoms. The van der Waals surface area contributed by atoms with E-state index in [-0.39, 0.29) is 18.9 Å². The summed E-state index contributed by atoms with van der Waals surface area (Å²) in [5.74, 6) is -0.273. The van der Waals surface area contributed by atoms with Crippen LogP contribution in [0.1, 0.15) is 6.92 Å². The Labute approximate surface area is 126 Å². The topological polar surface area (TPSA) is 77.5 Å². The van der Waals surface area contributed by atoms with E-state index in [1.54, 1.807) is 37.4 Å². The Morgan fingerprint density at radius 3 is 2.90 bits per heavy atom. The van der Waals surface area contributed by atoms with Crippen LogP contribution in [0.4, 0.5) is 4.79 Å². The molecule has 7 heteroatoms. The van der Waals surface area contributed by atoms with E-state index >= 15 is 0 Å². The van der Waals surface area contributed by atoms with Crippen molar-refractivity contribution in [3.05, 3.63) is 35.5 Å². The molecule has 1 heterocycles. The van der Waals surface area contributed by atoms with Crippen molar-refractivity contribution in [3.8, 4) is 5.75 Å². The predicted molar refractivity (Wildman–Crippen MR) is 77.4 cm³/mol. The molecule has 0 unspecified atom stereocenters. The highest BCUT2D eigenvalue weighted by Gasteiger charge is 2.12. The first-order chi connectivity index (χ1) is 10.1. The SMILES string of the molecule is CCOC(=O)CNC(=O)Oc1ccc(Cl)c2cccnc12. The second-order valence-electron chi connectivity index (χ2n) is 3.99. The molecule has 2 rings (SSSR count). The average Bonchev–Trinajstić information content (AvgIpc) is 2.49. The molecule has 1 aromatic heterocycles. The van der Waals surface area contributed by atoms with Gasteiger partial charge in [0.1, 0.15) is 12.1 Å². The number of nitrogens with one attached hydrogen (secondary N) is 1. The first kappa shape index (κ1) is 15.1. The highest BCUT2D eigenvalue weighted by Crippen LogP contribution is 2.29. The van der Waals surface area contributed by atoms with Gasteiger partial charge in [0.15, 0.2) is 5.75 Å². The van der Waals surface area contributed by atoms with Crippen LogP contribution in [-0.2, 0) is 9.53 Å². The summed E-state index contributed by atoms with van der Waals surface area (Å²) in [5, 5.41) is 3.49. The van der Waals surface area contributed by atoms with Gasteiger partial charge in [-0.2, -0.15) is 0 Å². The third kappa shape index (κ3) is 3.82. The maximum Gasteiger partial charge on any atom is 0.413 e. The van der Waals surface area contributed by atoms with Crippen molar-refractivity contribution in [2.75, 3.05) is 13.2 Å². The Hall–Kier alpha value is -2.34. The van der Waals surface area contributed by atoms with Gasteiger partial charge in [0.25, 0.3) is 0 Å². The molecule has 0 saturated heterocycles. The van der Waals surface area contributed by atoms with Crippen molar-refractivity contribution < 1.29 is 19.1 Å². The minimum Gasteiger partial charge on any atom is -0.465 e. The molecule has 0 radical (unpaired) electrons. The van der Waals surface area contributed by atoms with Crippen LogP contribution in [0.25, 0.3) is 10.9 Å². The minimum atomic E-state index is -0.766. The fourth-order valence-electron chi connectivity index (χ4n) is 1.69. The van der Waals surface area contributed by atoms with Gasteiger partial charge >= 0.3 is 12.1 Å². The maximum atomic E-state index is 11.6. The van der Waals surface area contributed by atoms with Gasteiger partial charge < -0.3 is 14.8 Å². The summed E-state index contributed by atoms with van der Waals surface area (Å²) in [7, 11) is 0. The number of hydrogen-bond acceptors (Lipinski definition) is 5. The number of amides is 1. The lowest BCUT2D eigenvalue weighted by Gasteiger charge is -2.09. The Balaban J connectivity index is 2.08. The third-order valence-corrected chi connectivity index (χ3v) is 2.89. The summed E-state index contributed by atoms with van der Waals surface area (Å²) < 4.78 is 9.82. The van der Waals surface area contributed by atoms with Gasteiger partial charge in [0.2, 0.25) is 0 Å². The van der Waals surface area contributed by atoms with Gasteiger partial charge in [0.05, 0.1) is 11.6 Å². The van der Waals surface area contributed by atoms with Gasteiger partial charge in [-0.15, -0.1) is 0 Å². The fraction of sp³-hybridized carbons (Fsp3) is 0.214. The molecular weight excluding hydrogens is 296 g/mol. The second-order valence-corrected chi connectivity index (χ2v) is 4.40. The molecular formula is C14H13ClN2O4. The predicted octanol–water partition coefficient (Wildman–Crippen LogP) is 2.54. The zero-order valence-corrected chi connectivity index (χ0v) is 12.0. The summed E-state index contributed by atoms with van der Waals surface area (Å²) in [6.45, 7) is 1.68. The summed E-state index contributed by atoms with van der Waals surface area (Å²) >= 11 is 6.05. The summed E-state index contributed by atoms with van der Waals surface area (Å²) in [4.78, 5) is 26.9. The van der Waals surface area contributed by atoms with E-state index in [1.807, 2.05) is 0 Å². The van der Waals surface area contributed by atoms with Crippen LogP contribution in [0.2, 0.25) is 5.02 Å². The van der Waals surface area contributed by atoms with E-state index < -0.39 is 12.1 Å². The number of ether oxygens (including phenoxy) is 2. The number of halogens is 1. The fourth-order valence-corrected chi connectivity index (χ4v) is 1.90. The summed E-state index contributed by atoms with van der Waals surface area (Å²) in [5.41, 5.74) is 0.469. The number of hydrogen-bond donors (Lipinski definition) is 1. The number of rotatable bonds is 4. The molecule has 1 aromatic carbocycles. The molecule has 0 saturated carbocycles. The molecule has 0 aliphatic carbocycles.